The number of aliphatic hydroxyl groups is 1. The third-order valence-electron chi connectivity index (χ3n) is 13.7. The van der Waals surface area contributed by atoms with Crippen LogP contribution in [0.15, 0.2) is 53.6 Å². The van der Waals surface area contributed by atoms with Crippen molar-refractivity contribution in [2.75, 3.05) is 74.1 Å². The molecule has 17 nitrogen and oxygen atoms in total. The number of likely N-dealkylation sites (N-methyl/N-ethyl adjacent to an activating group) is 1. The summed E-state index contributed by atoms with van der Waals surface area (Å²) in [4.78, 5) is 48.8. The fourth-order valence-corrected chi connectivity index (χ4v) is 10.8. The Morgan fingerprint density at radius 2 is 1.84 bits per heavy atom. The number of hydrogen-bond donors (Lipinski definition) is 3. The maximum atomic E-state index is 15.7. The van der Waals surface area contributed by atoms with Crippen molar-refractivity contribution < 1.29 is 33.0 Å². The van der Waals surface area contributed by atoms with E-state index >= 15 is 8.78 Å². The average Bonchev–Trinajstić information content (AvgIpc) is 3.80. The van der Waals surface area contributed by atoms with Gasteiger partial charge in [-0.15, -0.1) is 0 Å². The van der Waals surface area contributed by atoms with Crippen molar-refractivity contribution in [1.82, 2.24) is 33.9 Å². The number of aryl methyl sites for hydroxylation is 1. The maximum absolute atomic E-state index is 15.7. The SMILES string of the molecule is CN(CCO)SNc1ccc(F)c(Oc2ccc3ncn(C4COC5(CCN(C6CC7(C6)CN(c6cc8c(cc6F)c(N6CCC(=O)NC6=O)nn8C)C7)CC5)C4)c(=O)c3c2)c1C#N. The van der Waals surface area contributed by atoms with E-state index in [4.69, 9.17) is 9.47 Å². The number of aliphatic hydroxyl groups excluding tert-OH is 1. The van der Waals surface area contributed by atoms with Crippen LogP contribution in [0.25, 0.3) is 21.8 Å². The number of nitrogens with one attached hydrogen (secondary N) is 2. The van der Waals surface area contributed by atoms with Crippen LogP contribution in [0.4, 0.5) is 30.8 Å². The number of amides is 3. The minimum absolute atomic E-state index is 0.0455. The number of ether oxygens (including phenoxy) is 2. The lowest BCUT2D eigenvalue weighted by atomic mass is 9.59. The lowest BCUT2D eigenvalue weighted by Gasteiger charge is -2.62. The van der Waals surface area contributed by atoms with Gasteiger partial charge >= 0.3 is 6.03 Å². The van der Waals surface area contributed by atoms with Crippen LogP contribution in [-0.2, 0) is 16.6 Å². The second-order valence-corrected chi connectivity index (χ2v) is 18.8. The quantitative estimate of drug-likeness (QED) is 0.150. The van der Waals surface area contributed by atoms with Crippen molar-refractivity contribution in [2.24, 2.45) is 12.5 Å². The molecule has 6 heterocycles. The zero-order valence-corrected chi connectivity index (χ0v) is 36.2. The van der Waals surface area contributed by atoms with Gasteiger partial charge in [-0.2, -0.15) is 10.4 Å². The molecule has 10 rings (SSSR count). The predicted molar refractivity (Wildman–Crippen MR) is 235 cm³/mol. The van der Waals surface area contributed by atoms with Gasteiger partial charge in [-0.3, -0.25) is 29.1 Å². The van der Waals surface area contributed by atoms with Crippen LogP contribution in [-0.4, -0.2) is 117 Å². The summed E-state index contributed by atoms with van der Waals surface area (Å²) in [6.07, 6.45) is 6.17. The average molecular weight is 896 g/mol. The number of anilines is 3. The molecule has 3 N–H and O–H groups in total. The zero-order chi connectivity index (χ0) is 44.5. The van der Waals surface area contributed by atoms with Crippen LogP contribution in [0.1, 0.15) is 50.1 Å². The number of benzene rings is 3. The van der Waals surface area contributed by atoms with E-state index in [0.717, 1.165) is 64.0 Å². The van der Waals surface area contributed by atoms with E-state index in [1.807, 2.05) is 6.07 Å². The van der Waals surface area contributed by atoms with E-state index < -0.39 is 11.8 Å². The number of halogens is 2. The highest BCUT2D eigenvalue weighted by molar-refractivity contribution is 7.98. The van der Waals surface area contributed by atoms with E-state index in [-0.39, 0.29) is 71.0 Å². The van der Waals surface area contributed by atoms with E-state index in [9.17, 15) is 24.8 Å². The fraction of sp³-hybridized carbons (Fsp3) is 0.455. The van der Waals surface area contributed by atoms with E-state index in [0.29, 0.717) is 64.6 Å². The second kappa shape index (κ2) is 16.3. The summed E-state index contributed by atoms with van der Waals surface area (Å²) < 4.78 is 51.2. The number of fused-ring (bicyclic) bond motifs is 2. The van der Waals surface area contributed by atoms with Gasteiger partial charge in [0.25, 0.3) is 5.56 Å². The number of imide groups is 1. The van der Waals surface area contributed by atoms with Crippen molar-refractivity contribution in [3.05, 3.63) is 76.3 Å². The molecular formula is C44H47F2N11O6S. The first-order valence-electron chi connectivity index (χ1n) is 21.4. The fourth-order valence-electron chi connectivity index (χ4n) is 10.2. The van der Waals surface area contributed by atoms with Crippen molar-refractivity contribution in [3.8, 4) is 17.6 Å². The molecular weight excluding hydrogens is 849 g/mol. The van der Waals surface area contributed by atoms with Crippen LogP contribution in [0.3, 0.4) is 0 Å². The first kappa shape index (κ1) is 42.1. The normalized spacial score (nSPS) is 20.9. The number of urea groups is 1. The van der Waals surface area contributed by atoms with Crippen LogP contribution < -0.4 is 30.1 Å². The van der Waals surface area contributed by atoms with Gasteiger partial charge in [0, 0.05) is 81.7 Å². The molecule has 5 aromatic rings. The molecule has 4 saturated heterocycles. The Morgan fingerprint density at radius 1 is 1.05 bits per heavy atom. The van der Waals surface area contributed by atoms with Crippen LogP contribution in [0, 0.1) is 28.4 Å². The van der Waals surface area contributed by atoms with E-state index in [2.05, 4.69) is 29.9 Å². The van der Waals surface area contributed by atoms with Gasteiger partial charge in [0.15, 0.2) is 17.4 Å². The molecule has 1 atom stereocenters. The molecule has 5 fully saturated rings. The molecule has 334 valence electrons. The predicted octanol–water partition coefficient (Wildman–Crippen LogP) is 5.04. The summed E-state index contributed by atoms with van der Waals surface area (Å²) in [7, 11) is 3.52. The number of likely N-dealkylation sites (tertiary alicyclic amines) is 1. The number of nitriles is 1. The molecule has 3 amide bonds. The standard InChI is InChI=1S/C44H47F2N11O6S/c1-52(13-14-58)64-51-35-6-4-32(45)39(31(35)21-47)63-28-3-5-34-29(15-28)41(60)57(25-48-34)27-20-44(62-22-27)8-11-54(12-9-44)26-18-43(19-26)23-55(24-43)37-17-36-30(16-33(37)46)40(50-53(36)2)56-10-7-38(59)49-42(56)61/h3-6,15-17,25-27,51,58H,7-14,18-20,22-24H2,1-2H3,(H,49,59,61). The molecule has 1 unspecified atom stereocenters. The highest BCUT2D eigenvalue weighted by atomic mass is 32.2. The number of rotatable bonds is 11. The molecule has 4 aliphatic heterocycles. The third-order valence-corrected chi connectivity index (χ3v) is 14.5. The molecule has 0 bridgehead atoms. The first-order chi connectivity index (χ1) is 30.8. The largest absolute Gasteiger partial charge is 0.453 e. The summed E-state index contributed by atoms with van der Waals surface area (Å²) in [5.74, 6) is -1.20. The Labute approximate surface area is 370 Å². The van der Waals surface area contributed by atoms with Gasteiger partial charge in [-0.05, 0) is 81.6 Å². The molecule has 0 radical (unpaired) electrons. The van der Waals surface area contributed by atoms with Gasteiger partial charge in [0.2, 0.25) is 5.91 Å². The third kappa shape index (κ3) is 7.48. The van der Waals surface area contributed by atoms with E-state index in [1.165, 1.54) is 29.2 Å². The summed E-state index contributed by atoms with van der Waals surface area (Å²) in [5.41, 5.74) is 1.52. The summed E-state index contributed by atoms with van der Waals surface area (Å²) >= 11 is 1.14. The molecule has 1 saturated carbocycles. The Bertz CT molecular complexity index is 2790. The summed E-state index contributed by atoms with van der Waals surface area (Å²) in [6, 6.07) is 12.3. The van der Waals surface area contributed by atoms with Crippen LogP contribution in [0.2, 0.25) is 0 Å². The Balaban J connectivity index is 0.749. The number of nitrogens with zero attached hydrogens (tertiary/aromatic N) is 9. The molecule has 20 heteroatoms. The Hall–Kier alpha value is -5.85. The van der Waals surface area contributed by atoms with Crippen molar-refractivity contribution in [3.63, 3.8) is 0 Å². The molecule has 2 aromatic heterocycles. The van der Waals surface area contributed by atoms with Crippen molar-refractivity contribution >= 4 is 63.1 Å². The highest BCUT2D eigenvalue weighted by Crippen LogP contribution is 2.53. The highest BCUT2D eigenvalue weighted by Gasteiger charge is 2.55. The first-order valence-corrected chi connectivity index (χ1v) is 22.2. The maximum Gasteiger partial charge on any atom is 0.329 e. The van der Waals surface area contributed by atoms with Crippen molar-refractivity contribution in [2.45, 2.75) is 56.2 Å². The Morgan fingerprint density at radius 3 is 2.59 bits per heavy atom. The minimum atomic E-state index is -0.734. The summed E-state index contributed by atoms with van der Waals surface area (Å²) in [6.45, 7) is 4.20. The van der Waals surface area contributed by atoms with Gasteiger partial charge in [0.05, 0.1) is 59.0 Å². The zero-order valence-electron chi connectivity index (χ0n) is 35.4. The van der Waals surface area contributed by atoms with E-state index in [1.54, 1.807) is 52.2 Å². The van der Waals surface area contributed by atoms with Crippen LogP contribution >= 0.6 is 12.1 Å². The molecule has 1 aliphatic carbocycles. The molecule has 64 heavy (non-hydrogen) atoms. The molecule has 3 aromatic carbocycles. The van der Waals surface area contributed by atoms with Crippen LogP contribution in [0.5, 0.6) is 11.5 Å². The van der Waals surface area contributed by atoms with Gasteiger partial charge in [-0.1, -0.05) is 0 Å². The number of aromatic nitrogens is 4. The smallest absolute Gasteiger partial charge is 0.329 e. The van der Waals surface area contributed by atoms with Crippen molar-refractivity contribution in [1.29, 1.82) is 5.26 Å². The van der Waals surface area contributed by atoms with Gasteiger partial charge in [0.1, 0.15) is 23.2 Å². The minimum Gasteiger partial charge on any atom is -0.453 e. The van der Waals surface area contributed by atoms with Gasteiger partial charge in [-0.25, -0.2) is 22.9 Å². The lowest BCUT2D eigenvalue weighted by Crippen LogP contribution is -2.67. The second-order valence-electron chi connectivity index (χ2n) is 17.7. The monoisotopic (exact) mass is 895 g/mol. The number of hydrogen-bond acceptors (Lipinski definition) is 14. The number of piperidine rings is 1. The Kier molecular flexibility index (Phi) is 10.7. The number of carbonyl (C=O) groups excluding carboxylic acids is 2. The number of carbonyl (C=O) groups is 2. The summed E-state index contributed by atoms with van der Waals surface area (Å²) in [5, 5.41) is 26.8. The lowest BCUT2D eigenvalue weighted by molar-refractivity contribution is -0.120. The topological polar surface area (TPSA) is 186 Å². The molecule has 2 spiro atoms. The molecule has 5 aliphatic rings. The van der Waals surface area contributed by atoms with Gasteiger partial charge < -0.3 is 29.1 Å².